The number of carbonyl (C=O) groups is 2. The topological polar surface area (TPSA) is 75.6 Å². The number of carbonyl (C=O) groups excluding carboxylic acids is 1. The molecule has 1 aliphatic heterocycles. The molecule has 138 valence electrons. The van der Waals surface area contributed by atoms with Gasteiger partial charge in [-0.2, -0.15) is 0 Å². The SMILES string of the molecule is CC1CC(C(=O)Nc2cccc(C#Cc3cccc(C(=O)O)c3)c2)CCO1. The Kier molecular flexibility index (Phi) is 5.90. The average molecular weight is 363 g/mol. The molecular formula is C22H21NO4. The van der Waals surface area contributed by atoms with Crippen molar-refractivity contribution in [2.45, 2.75) is 25.9 Å². The molecule has 2 atom stereocenters. The zero-order valence-corrected chi connectivity index (χ0v) is 15.1. The van der Waals surface area contributed by atoms with Crippen LogP contribution in [0.2, 0.25) is 0 Å². The van der Waals surface area contributed by atoms with Crippen molar-refractivity contribution in [3.63, 3.8) is 0 Å². The Hall–Kier alpha value is -3.10. The summed E-state index contributed by atoms with van der Waals surface area (Å²) in [5.41, 5.74) is 2.27. The molecule has 1 fully saturated rings. The Morgan fingerprint density at radius 1 is 1.11 bits per heavy atom. The van der Waals surface area contributed by atoms with Crippen molar-refractivity contribution in [2.75, 3.05) is 11.9 Å². The van der Waals surface area contributed by atoms with Gasteiger partial charge >= 0.3 is 5.97 Å². The molecule has 2 aromatic carbocycles. The van der Waals surface area contributed by atoms with Gasteiger partial charge in [0.1, 0.15) is 0 Å². The quantitative estimate of drug-likeness (QED) is 0.818. The van der Waals surface area contributed by atoms with Crippen molar-refractivity contribution in [3.05, 3.63) is 65.2 Å². The molecule has 1 aliphatic rings. The van der Waals surface area contributed by atoms with Gasteiger partial charge in [0.2, 0.25) is 5.91 Å². The predicted molar refractivity (Wildman–Crippen MR) is 103 cm³/mol. The van der Waals surface area contributed by atoms with E-state index in [4.69, 9.17) is 9.84 Å². The molecule has 5 heteroatoms. The van der Waals surface area contributed by atoms with E-state index >= 15 is 0 Å². The maximum Gasteiger partial charge on any atom is 0.335 e. The van der Waals surface area contributed by atoms with Gasteiger partial charge in [0.05, 0.1) is 11.7 Å². The molecule has 0 bridgehead atoms. The molecule has 3 rings (SSSR count). The predicted octanol–water partition coefficient (Wildman–Crippen LogP) is 3.54. The third-order valence-electron chi connectivity index (χ3n) is 4.45. The Morgan fingerprint density at radius 3 is 2.52 bits per heavy atom. The van der Waals surface area contributed by atoms with Crippen LogP contribution in [0, 0.1) is 17.8 Å². The van der Waals surface area contributed by atoms with Crippen LogP contribution in [-0.2, 0) is 9.53 Å². The van der Waals surface area contributed by atoms with Gasteiger partial charge in [0, 0.05) is 29.3 Å². The fraction of sp³-hybridized carbons (Fsp3) is 0.273. The second kappa shape index (κ2) is 8.52. The fourth-order valence-corrected chi connectivity index (χ4v) is 3.03. The zero-order valence-electron chi connectivity index (χ0n) is 15.1. The van der Waals surface area contributed by atoms with Crippen LogP contribution in [-0.4, -0.2) is 29.7 Å². The van der Waals surface area contributed by atoms with E-state index in [1.165, 1.54) is 12.1 Å². The highest BCUT2D eigenvalue weighted by molar-refractivity contribution is 5.92. The van der Waals surface area contributed by atoms with Gasteiger partial charge in [0.25, 0.3) is 0 Å². The second-order valence-corrected chi connectivity index (χ2v) is 6.61. The van der Waals surface area contributed by atoms with Crippen molar-refractivity contribution < 1.29 is 19.4 Å². The summed E-state index contributed by atoms with van der Waals surface area (Å²) in [5, 5.41) is 12.0. The number of hydrogen-bond donors (Lipinski definition) is 2. The number of rotatable bonds is 3. The Morgan fingerprint density at radius 2 is 1.81 bits per heavy atom. The largest absolute Gasteiger partial charge is 0.478 e. The summed E-state index contributed by atoms with van der Waals surface area (Å²) in [7, 11) is 0. The molecule has 5 nitrogen and oxygen atoms in total. The van der Waals surface area contributed by atoms with Crippen molar-refractivity contribution in [1.29, 1.82) is 0 Å². The van der Waals surface area contributed by atoms with Gasteiger partial charge in [-0.05, 0) is 56.2 Å². The molecular weight excluding hydrogens is 342 g/mol. The number of nitrogens with one attached hydrogen (secondary N) is 1. The van der Waals surface area contributed by atoms with E-state index in [2.05, 4.69) is 17.2 Å². The molecule has 1 heterocycles. The van der Waals surface area contributed by atoms with Gasteiger partial charge in [-0.3, -0.25) is 4.79 Å². The minimum Gasteiger partial charge on any atom is -0.478 e. The average Bonchev–Trinajstić information content (AvgIpc) is 2.67. The summed E-state index contributed by atoms with van der Waals surface area (Å²) >= 11 is 0. The lowest BCUT2D eigenvalue weighted by Gasteiger charge is -2.26. The highest BCUT2D eigenvalue weighted by Crippen LogP contribution is 2.22. The first-order chi connectivity index (χ1) is 13.0. The number of anilines is 1. The van der Waals surface area contributed by atoms with E-state index in [-0.39, 0.29) is 23.5 Å². The summed E-state index contributed by atoms with van der Waals surface area (Å²) in [6.45, 7) is 2.59. The maximum absolute atomic E-state index is 12.4. The lowest BCUT2D eigenvalue weighted by Crippen LogP contribution is -2.32. The summed E-state index contributed by atoms with van der Waals surface area (Å²) in [6.07, 6.45) is 1.56. The third-order valence-corrected chi connectivity index (χ3v) is 4.45. The van der Waals surface area contributed by atoms with Gasteiger partial charge < -0.3 is 15.2 Å². The summed E-state index contributed by atoms with van der Waals surface area (Å²) in [6, 6.07) is 13.8. The molecule has 0 aromatic heterocycles. The molecule has 2 aromatic rings. The standard InChI is InChI=1S/C22H21NO4/c1-15-12-18(10-11-27-15)21(24)23-20-7-3-5-17(14-20)9-8-16-4-2-6-19(13-16)22(25)26/h2-7,13-15,18H,10-12H2,1H3,(H,23,24)(H,25,26). The highest BCUT2D eigenvalue weighted by atomic mass is 16.5. The number of hydrogen-bond acceptors (Lipinski definition) is 3. The van der Waals surface area contributed by atoms with Crippen LogP contribution >= 0.6 is 0 Å². The first kappa shape index (κ1) is 18.7. The van der Waals surface area contributed by atoms with Crippen molar-refractivity contribution in [1.82, 2.24) is 0 Å². The van der Waals surface area contributed by atoms with Gasteiger partial charge in [-0.15, -0.1) is 0 Å². The van der Waals surface area contributed by atoms with Crippen molar-refractivity contribution in [3.8, 4) is 11.8 Å². The number of amides is 1. The van der Waals surface area contributed by atoms with Crippen LogP contribution in [0.5, 0.6) is 0 Å². The molecule has 0 aliphatic carbocycles. The molecule has 0 radical (unpaired) electrons. The van der Waals surface area contributed by atoms with Crippen LogP contribution in [0.15, 0.2) is 48.5 Å². The molecule has 2 unspecified atom stereocenters. The van der Waals surface area contributed by atoms with Crippen LogP contribution in [0.25, 0.3) is 0 Å². The monoisotopic (exact) mass is 363 g/mol. The minimum absolute atomic E-state index is 0.00409. The Labute approximate surface area is 158 Å². The first-order valence-corrected chi connectivity index (χ1v) is 8.89. The van der Waals surface area contributed by atoms with E-state index < -0.39 is 5.97 Å². The normalized spacial score (nSPS) is 18.9. The smallest absolute Gasteiger partial charge is 0.335 e. The van der Waals surface area contributed by atoms with E-state index in [1.54, 1.807) is 12.1 Å². The Bertz CT molecular complexity index is 910. The molecule has 27 heavy (non-hydrogen) atoms. The lowest BCUT2D eigenvalue weighted by atomic mass is 9.95. The number of carboxylic acid groups (broad SMARTS) is 1. The second-order valence-electron chi connectivity index (χ2n) is 6.61. The molecule has 0 saturated carbocycles. The van der Waals surface area contributed by atoms with Gasteiger partial charge in [-0.25, -0.2) is 4.79 Å². The van der Waals surface area contributed by atoms with Crippen LogP contribution in [0.1, 0.15) is 41.3 Å². The third kappa shape index (κ3) is 5.19. The number of carboxylic acids is 1. The summed E-state index contributed by atoms with van der Waals surface area (Å²) in [4.78, 5) is 23.5. The van der Waals surface area contributed by atoms with Crippen molar-refractivity contribution >= 4 is 17.6 Å². The van der Waals surface area contributed by atoms with E-state index in [0.717, 1.165) is 18.4 Å². The van der Waals surface area contributed by atoms with Crippen molar-refractivity contribution in [2.24, 2.45) is 5.92 Å². The first-order valence-electron chi connectivity index (χ1n) is 8.89. The van der Waals surface area contributed by atoms with Gasteiger partial charge in [0.15, 0.2) is 0 Å². The Balaban J connectivity index is 1.70. The molecule has 1 amide bonds. The number of ether oxygens (including phenoxy) is 1. The highest BCUT2D eigenvalue weighted by Gasteiger charge is 2.25. The van der Waals surface area contributed by atoms with Gasteiger partial charge in [-0.1, -0.05) is 24.0 Å². The lowest BCUT2D eigenvalue weighted by molar-refractivity contribution is -0.124. The van der Waals surface area contributed by atoms with E-state index in [9.17, 15) is 9.59 Å². The molecule has 2 N–H and O–H groups in total. The number of benzene rings is 2. The number of aromatic carboxylic acids is 1. The molecule has 1 saturated heterocycles. The fourth-order valence-electron chi connectivity index (χ4n) is 3.03. The summed E-state index contributed by atoms with van der Waals surface area (Å²) in [5.74, 6) is 4.96. The summed E-state index contributed by atoms with van der Waals surface area (Å²) < 4.78 is 5.49. The minimum atomic E-state index is -0.981. The van der Waals surface area contributed by atoms with E-state index in [1.807, 2.05) is 31.2 Å². The molecule has 0 spiro atoms. The van der Waals surface area contributed by atoms with E-state index in [0.29, 0.717) is 17.9 Å². The van der Waals surface area contributed by atoms with Crippen LogP contribution < -0.4 is 5.32 Å². The maximum atomic E-state index is 12.4. The van der Waals surface area contributed by atoms with Crippen LogP contribution in [0.4, 0.5) is 5.69 Å². The van der Waals surface area contributed by atoms with Crippen LogP contribution in [0.3, 0.4) is 0 Å². The zero-order chi connectivity index (χ0) is 19.2.